The van der Waals surface area contributed by atoms with Gasteiger partial charge in [-0.2, -0.15) is 0 Å². The van der Waals surface area contributed by atoms with Gasteiger partial charge in [0, 0.05) is 17.7 Å². The maximum atomic E-state index is 13.1. The number of fused-ring (bicyclic) bond motifs is 1. The Hall–Kier alpha value is -3.76. The third-order valence-electron chi connectivity index (χ3n) is 7.31. The Bertz CT molecular complexity index is 1550. The number of Topliss-reactive ketones (excluding diaryl/α,β-unsaturated/α-hetero) is 1. The minimum Gasteiger partial charge on any atom is -0.507 e. The van der Waals surface area contributed by atoms with Crippen molar-refractivity contribution in [2.75, 3.05) is 0 Å². The van der Waals surface area contributed by atoms with Crippen molar-refractivity contribution in [2.24, 2.45) is 0 Å². The minimum atomic E-state index is -1.92. The molecule has 8 N–H and O–H groups in total. The Morgan fingerprint density at radius 3 is 2.20 bits per heavy atom. The van der Waals surface area contributed by atoms with Crippen LogP contribution >= 0.6 is 0 Å². The highest BCUT2D eigenvalue weighted by atomic mass is 16.7. The molecular formula is C27H28O14. The number of carbonyl (C=O) groups is 1. The maximum absolute atomic E-state index is 13.1. The highest BCUT2D eigenvalue weighted by Gasteiger charge is 2.50. The molecule has 0 saturated carbocycles. The zero-order chi connectivity index (χ0) is 29.9. The largest absolute Gasteiger partial charge is 0.507 e. The number of carbonyl (C=O) groups excluding carboxylic acids is 1. The van der Waals surface area contributed by atoms with E-state index >= 15 is 0 Å². The van der Waals surface area contributed by atoms with Crippen LogP contribution in [0.3, 0.4) is 0 Å². The van der Waals surface area contributed by atoms with Gasteiger partial charge in [0.15, 0.2) is 29.0 Å². The fraction of sp³-hybridized carbons (Fsp3) is 0.407. The molecule has 0 unspecified atom stereocenters. The molecule has 2 fully saturated rings. The van der Waals surface area contributed by atoms with Crippen LogP contribution in [0, 0.1) is 0 Å². The highest BCUT2D eigenvalue weighted by Crippen LogP contribution is 2.45. The standard InChI is InChI=1S/C27H28O14/c1-8-20(33)23(36)26(41-27-24(37)22(35)19(32)9(2)39-27)25(38-8)18-14(31)7-16-17(21(18)34)13(30)6-15(40-16)10-3-4-11(28)12(29)5-10/h3-9,19,22-29,31-32,34-37H,1-2H3/t8-,9+,19+,22-,23+,24-,25+,26-,27+/m0/s1. The second kappa shape index (κ2) is 10.6. The van der Waals surface area contributed by atoms with E-state index in [1.165, 1.54) is 26.0 Å². The lowest BCUT2D eigenvalue weighted by Crippen LogP contribution is -2.60. The summed E-state index contributed by atoms with van der Waals surface area (Å²) in [7, 11) is 0. The molecular weight excluding hydrogens is 548 g/mol. The third-order valence-corrected chi connectivity index (χ3v) is 7.31. The van der Waals surface area contributed by atoms with E-state index in [0.717, 1.165) is 18.2 Å². The molecule has 2 saturated heterocycles. The fourth-order valence-electron chi connectivity index (χ4n) is 5.00. The topological polar surface area (TPSA) is 237 Å². The van der Waals surface area contributed by atoms with Crippen LogP contribution in [0.2, 0.25) is 0 Å². The number of phenolic OH excluding ortho intramolecular Hbond substituents is 4. The summed E-state index contributed by atoms with van der Waals surface area (Å²) in [6.45, 7) is 2.70. The molecule has 3 heterocycles. The predicted octanol–water partition coefficient (Wildman–Crippen LogP) is -0.115. The van der Waals surface area contributed by atoms with Gasteiger partial charge in [0.05, 0.1) is 11.7 Å². The summed E-state index contributed by atoms with van der Waals surface area (Å²) < 4.78 is 22.5. The first-order valence-corrected chi connectivity index (χ1v) is 12.6. The van der Waals surface area contributed by atoms with Crippen molar-refractivity contribution in [3.8, 4) is 34.3 Å². The summed E-state index contributed by atoms with van der Waals surface area (Å²) in [5.41, 5.74) is -1.28. The number of hydrogen-bond acceptors (Lipinski definition) is 14. The molecule has 14 heteroatoms. The van der Waals surface area contributed by atoms with Crippen molar-refractivity contribution in [2.45, 2.75) is 69.0 Å². The third kappa shape index (κ3) is 4.89. The molecule has 14 nitrogen and oxygen atoms in total. The van der Waals surface area contributed by atoms with Crippen LogP contribution in [-0.4, -0.2) is 95.7 Å². The molecule has 2 aliphatic heterocycles. The van der Waals surface area contributed by atoms with Crippen LogP contribution in [0.1, 0.15) is 25.5 Å². The zero-order valence-electron chi connectivity index (χ0n) is 21.6. The number of benzene rings is 2. The number of aliphatic hydroxyl groups is 4. The van der Waals surface area contributed by atoms with Crippen LogP contribution < -0.4 is 5.43 Å². The van der Waals surface area contributed by atoms with Crippen LogP contribution in [0.4, 0.5) is 0 Å². The first-order chi connectivity index (χ1) is 19.3. The van der Waals surface area contributed by atoms with Crippen molar-refractivity contribution in [1.29, 1.82) is 0 Å². The van der Waals surface area contributed by atoms with Gasteiger partial charge < -0.3 is 59.5 Å². The maximum Gasteiger partial charge on any atom is 0.197 e. The van der Waals surface area contributed by atoms with Crippen molar-refractivity contribution in [3.63, 3.8) is 0 Å². The van der Waals surface area contributed by atoms with Crippen LogP contribution in [0.25, 0.3) is 22.3 Å². The Morgan fingerprint density at radius 2 is 1.51 bits per heavy atom. The lowest BCUT2D eigenvalue weighted by Gasteiger charge is -2.44. The molecule has 2 aromatic carbocycles. The molecule has 9 atom stereocenters. The van der Waals surface area contributed by atoms with Gasteiger partial charge in [-0.25, -0.2) is 0 Å². The quantitative estimate of drug-likeness (QED) is 0.189. The Labute approximate surface area is 230 Å². The lowest BCUT2D eigenvalue weighted by atomic mass is 9.90. The second-order valence-electron chi connectivity index (χ2n) is 10.0. The van der Waals surface area contributed by atoms with E-state index in [-0.39, 0.29) is 16.9 Å². The number of ether oxygens (including phenoxy) is 3. The summed E-state index contributed by atoms with van der Waals surface area (Å²) in [6.07, 6.45) is -14.2. The van der Waals surface area contributed by atoms with Gasteiger partial charge in [0.25, 0.3) is 0 Å². The molecule has 0 radical (unpaired) electrons. The van der Waals surface area contributed by atoms with Crippen LogP contribution in [-0.2, 0) is 19.0 Å². The average molecular weight is 577 g/mol. The van der Waals surface area contributed by atoms with E-state index in [9.17, 15) is 50.4 Å². The van der Waals surface area contributed by atoms with E-state index in [1.54, 1.807) is 0 Å². The predicted molar refractivity (Wildman–Crippen MR) is 136 cm³/mol. The average Bonchev–Trinajstić information content (AvgIpc) is 2.92. The minimum absolute atomic E-state index is 0.0626. The van der Waals surface area contributed by atoms with Gasteiger partial charge in [0.1, 0.15) is 71.0 Å². The fourth-order valence-corrected chi connectivity index (χ4v) is 5.00. The number of phenols is 4. The highest BCUT2D eigenvalue weighted by molar-refractivity contribution is 5.90. The second-order valence-corrected chi connectivity index (χ2v) is 10.0. The van der Waals surface area contributed by atoms with Gasteiger partial charge in [0.2, 0.25) is 0 Å². The first-order valence-electron chi connectivity index (χ1n) is 12.6. The molecule has 0 bridgehead atoms. The van der Waals surface area contributed by atoms with Crippen molar-refractivity contribution in [3.05, 3.63) is 46.1 Å². The summed E-state index contributed by atoms with van der Waals surface area (Å²) in [4.78, 5) is 25.7. The molecule has 1 aromatic heterocycles. The number of aliphatic hydroxyl groups excluding tert-OH is 4. The molecule has 0 aliphatic carbocycles. The first kappa shape index (κ1) is 28.8. The molecule has 3 aromatic rings. The van der Waals surface area contributed by atoms with Gasteiger partial charge in [-0.1, -0.05) is 0 Å². The SMILES string of the molecule is C[C@@H]1O[C@H](c2c(O)cc3oc(-c4ccc(O)c(O)c4)cc(=O)c3c2O)[C@@H](O[C@H]2O[C@H](C)[C@@H](O)[C@H](O)[C@@H]2O)[C@H](O)C1=O. The van der Waals surface area contributed by atoms with E-state index in [4.69, 9.17) is 18.6 Å². The molecule has 0 spiro atoms. The van der Waals surface area contributed by atoms with Gasteiger partial charge >= 0.3 is 0 Å². The summed E-state index contributed by atoms with van der Waals surface area (Å²) in [5, 5.41) is 82.5. The molecule has 5 rings (SSSR count). The van der Waals surface area contributed by atoms with E-state index in [2.05, 4.69) is 0 Å². The molecule has 2 aliphatic rings. The number of hydrogen-bond donors (Lipinski definition) is 8. The summed E-state index contributed by atoms with van der Waals surface area (Å²) in [6, 6.07) is 5.69. The van der Waals surface area contributed by atoms with Gasteiger partial charge in [-0.05, 0) is 32.0 Å². The van der Waals surface area contributed by atoms with Gasteiger partial charge in [-0.15, -0.1) is 0 Å². The molecule has 0 amide bonds. The lowest BCUT2D eigenvalue weighted by molar-refractivity contribution is -0.323. The van der Waals surface area contributed by atoms with Crippen molar-refractivity contribution < 1.29 is 64.3 Å². The summed E-state index contributed by atoms with van der Waals surface area (Å²) >= 11 is 0. The van der Waals surface area contributed by atoms with E-state index < -0.39 is 100 Å². The monoisotopic (exact) mass is 576 g/mol. The van der Waals surface area contributed by atoms with Crippen LogP contribution in [0.15, 0.2) is 39.5 Å². The van der Waals surface area contributed by atoms with Crippen LogP contribution in [0.5, 0.6) is 23.0 Å². The number of aromatic hydroxyl groups is 4. The zero-order valence-corrected chi connectivity index (χ0v) is 21.6. The summed E-state index contributed by atoms with van der Waals surface area (Å²) in [5.74, 6) is -3.25. The van der Waals surface area contributed by atoms with E-state index in [0.29, 0.717) is 0 Å². The van der Waals surface area contributed by atoms with Crippen molar-refractivity contribution >= 4 is 16.8 Å². The van der Waals surface area contributed by atoms with E-state index in [1.807, 2.05) is 0 Å². The molecule has 41 heavy (non-hydrogen) atoms. The number of ketones is 1. The Kier molecular flexibility index (Phi) is 7.42. The Morgan fingerprint density at radius 1 is 0.805 bits per heavy atom. The van der Waals surface area contributed by atoms with Crippen molar-refractivity contribution in [1.82, 2.24) is 0 Å². The smallest absolute Gasteiger partial charge is 0.197 e. The normalized spacial score (nSPS) is 32.3. The van der Waals surface area contributed by atoms with Gasteiger partial charge in [-0.3, -0.25) is 9.59 Å². The number of rotatable bonds is 4. The Balaban J connectivity index is 1.58. The molecule has 220 valence electrons.